The van der Waals surface area contributed by atoms with E-state index in [9.17, 15) is 5.11 Å². The maximum absolute atomic E-state index is 10.9. The van der Waals surface area contributed by atoms with E-state index in [0.29, 0.717) is 4.32 Å². The molecule has 1 aromatic rings. The van der Waals surface area contributed by atoms with E-state index in [1.54, 1.807) is 18.9 Å². The number of aliphatic hydroxyl groups is 1. The molecule has 0 amide bonds. The van der Waals surface area contributed by atoms with E-state index >= 15 is 0 Å². The van der Waals surface area contributed by atoms with Crippen LogP contribution in [0.5, 0.6) is 5.75 Å². The van der Waals surface area contributed by atoms with Gasteiger partial charge in [-0.3, -0.25) is 0 Å². The highest BCUT2D eigenvalue weighted by Crippen LogP contribution is 2.50. The first kappa shape index (κ1) is 14.2. The maximum Gasteiger partial charge on any atom is 0.140 e. The second-order valence-electron chi connectivity index (χ2n) is 5.50. The molecule has 1 heterocycles. The minimum absolute atomic E-state index is 0.210. The van der Waals surface area contributed by atoms with Crippen molar-refractivity contribution < 1.29 is 9.84 Å². The lowest BCUT2D eigenvalue weighted by Crippen LogP contribution is -2.58. The molecule has 3 rings (SSSR count). The van der Waals surface area contributed by atoms with Crippen LogP contribution in [0, 0.1) is 5.92 Å². The Bertz CT molecular complexity index is 505. The monoisotopic (exact) mass is 309 g/mol. The normalized spacial score (nSPS) is 33.2. The summed E-state index contributed by atoms with van der Waals surface area (Å²) in [5, 5.41) is 14.2. The van der Waals surface area contributed by atoms with Gasteiger partial charge in [0.25, 0.3) is 0 Å². The molecule has 20 heavy (non-hydrogen) atoms. The number of hydrogen-bond acceptors (Lipinski definition) is 4. The van der Waals surface area contributed by atoms with Crippen molar-refractivity contribution in [2.24, 2.45) is 5.92 Å². The third-order valence-electron chi connectivity index (χ3n) is 4.30. The van der Waals surface area contributed by atoms with E-state index in [1.807, 2.05) is 12.1 Å². The molecule has 2 fully saturated rings. The molecule has 3 atom stereocenters. The highest BCUT2D eigenvalue weighted by atomic mass is 32.2. The van der Waals surface area contributed by atoms with Crippen molar-refractivity contribution in [3.63, 3.8) is 0 Å². The van der Waals surface area contributed by atoms with E-state index in [2.05, 4.69) is 17.4 Å². The van der Waals surface area contributed by atoms with Crippen LogP contribution < -0.4 is 10.1 Å². The number of nitrogens with one attached hydrogen (secondary N) is 1. The molecule has 2 N–H and O–H groups in total. The molecule has 1 saturated carbocycles. The number of methoxy groups -OCH3 is 1. The number of rotatable bonds is 2. The van der Waals surface area contributed by atoms with Gasteiger partial charge in [0.05, 0.1) is 7.11 Å². The summed E-state index contributed by atoms with van der Waals surface area (Å²) in [5.41, 5.74) is 0.385. The summed E-state index contributed by atoms with van der Waals surface area (Å²) in [6, 6.07) is 8.12. The van der Waals surface area contributed by atoms with Crippen LogP contribution in [-0.4, -0.2) is 22.3 Å². The van der Waals surface area contributed by atoms with Crippen molar-refractivity contribution in [3.8, 4) is 5.75 Å². The molecule has 3 nitrogen and oxygen atoms in total. The predicted molar refractivity (Wildman–Crippen MR) is 86.0 cm³/mol. The van der Waals surface area contributed by atoms with Crippen LogP contribution in [-0.2, 0) is 0 Å². The largest absolute Gasteiger partial charge is 0.497 e. The van der Waals surface area contributed by atoms with Gasteiger partial charge in [0, 0.05) is 11.2 Å². The molecule has 1 saturated heterocycles. The van der Waals surface area contributed by atoms with E-state index in [1.165, 1.54) is 12.0 Å². The van der Waals surface area contributed by atoms with Gasteiger partial charge in [-0.15, -0.1) is 0 Å². The van der Waals surface area contributed by atoms with E-state index in [0.717, 1.165) is 25.0 Å². The van der Waals surface area contributed by atoms with E-state index < -0.39 is 5.72 Å². The molecule has 0 unspecified atom stereocenters. The van der Waals surface area contributed by atoms with Crippen molar-refractivity contribution in [3.05, 3.63) is 29.8 Å². The summed E-state index contributed by atoms with van der Waals surface area (Å²) in [5.74, 6) is 1.07. The quantitative estimate of drug-likeness (QED) is 0.821. The van der Waals surface area contributed by atoms with Crippen molar-refractivity contribution >= 4 is 28.3 Å². The zero-order valence-corrected chi connectivity index (χ0v) is 13.1. The summed E-state index contributed by atoms with van der Waals surface area (Å²) < 4.78 is 5.91. The summed E-state index contributed by atoms with van der Waals surface area (Å²) in [6.45, 7) is 0. The van der Waals surface area contributed by atoms with Gasteiger partial charge in [0.1, 0.15) is 15.8 Å². The number of ether oxygens (including phenoxy) is 1. The van der Waals surface area contributed by atoms with E-state index in [4.69, 9.17) is 17.0 Å². The minimum Gasteiger partial charge on any atom is -0.497 e. The fourth-order valence-corrected chi connectivity index (χ4v) is 5.01. The van der Waals surface area contributed by atoms with Gasteiger partial charge in [-0.05, 0) is 37.0 Å². The summed E-state index contributed by atoms with van der Waals surface area (Å²) in [6.07, 6.45) is 4.05. The van der Waals surface area contributed by atoms with Crippen LogP contribution in [0.15, 0.2) is 24.3 Å². The molecule has 1 aliphatic carbocycles. The van der Waals surface area contributed by atoms with Crippen LogP contribution in [0.1, 0.15) is 36.5 Å². The number of hydrogen-bond donors (Lipinski definition) is 2. The smallest absolute Gasteiger partial charge is 0.140 e. The van der Waals surface area contributed by atoms with Crippen molar-refractivity contribution in [1.82, 2.24) is 5.32 Å². The Hall–Kier alpha value is -0.780. The zero-order chi connectivity index (χ0) is 14.2. The molecule has 5 heteroatoms. The lowest BCUT2D eigenvalue weighted by Gasteiger charge is -2.48. The van der Waals surface area contributed by atoms with Gasteiger partial charge in [-0.25, -0.2) is 0 Å². The highest BCUT2D eigenvalue weighted by Gasteiger charge is 2.48. The van der Waals surface area contributed by atoms with Crippen molar-refractivity contribution in [2.75, 3.05) is 7.11 Å². The molecule has 0 bridgehead atoms. The average molecular weight is 309 g/mol. The van der Waals surface area contributed by atoms with Gasteiger partial charge in [-0.1, -0.05) is 42.5 Å². The summed E-state index contributed by atoms with van der Waals surface area (Å²) >= 11 is 7.00. The number of fused-ring (bicyclic) bond motifs is 1. The lowest BCUT2D eigenvalue weighted by atomic mass is 9.77. The molecule has 1 aliphatic heterocycles. The van der Waals surface area contributed by atoms with Crippen LogP contribution in [0.3, 0.4) is 0 Å². The standard InChI is InChI=1S/C15H19NO2S2/c1-18-11-7-5-10(6-8-11)13-12-4-2-3-9-15(12,17)16-14(19)20-13/h5-8,12-13,17H,2-4,9H2,1H3,(H,16,19)/t12-,13-,15-/m1/s1. The summed E-state index contributed by atoms with van der Waals surface area (Å²) in [4.78, 5) is 0. The average Bonchev–Trinajstić information content (AvgIpc) is 2.45. The lowest BCUT2D eigenvalue weighted by molar-refractivity contribution is -0.0632. The van der Waals surface area contributed by atoms with Crippen molar-refractivity contribution in [1.29, 1.82) is 0 Å². The third kappa shape index (κ3) is 2.54. The third-order valence-corrected chi connectivity index (χ3v) is 5.86. The topological polar surface area (TPSA) is 41.5 Å². The number of thiocarbonyl (C=S) groups is 1. The van der Waals surface area contributed by atoms with Gasteiger partial charge < -0.3 is 15.2 Å². The second-order valence-corrected chi connectivity index (χ2v) is 7.32. The number of benzene rings is 1. The minimum atomic E-state index is -0.828. The molecular formula is C15H19NO2S2. The Morgan fingerprint density at radius 3 is 2.80 bits per heavy atom. The Morgan fingerprint density at radius 2 is 2.10 bits per heavy atom. The molecule has 1 aromatic carbocycles. The summed E-state index contributed by atoms with van der Waals surface area (Å²) in [7, 11) is 1.67. The van der Waals surface area contributed by atoms with Gasteiger partial charge in [0.15, 0.2) is 0 Å². The van der Waals surface area contributed by atoms with Crippen LogP contribution in [0.4, 0.5) is 0 Å². The SMILES string of the molecule is COc1ccc([C@H]2SC(=S)N[C@@]3(O)CCCC[C@H]23)cc1. The Balaban J connectivity index is 1.91. The Morgan fingerprint density at radius 1 is 1.35 bits per heavy atom. The fraction of sp³-hybridized carbons (Fsp3) is 0.533. The van der Waals surface area contributed by atoms with Gasteiger partial charge >= 0.3 is 0 Å². The molecule has 0 aromatic heterocycles. The van der Waals surface area contributed by atoms with Gasteiger partial charge in [0.2, 0.25) is 0 Å². The first-order valence-electron chi connectivity index (χ1n) is 6.97. The molecule has 0 radical (unpaired) electrons. The molecule has 0 spiro atoms. The maximum atomic E-state index is 10.9. The first-order chi connectivity index (χ1) is 9.62. The molecular weight excluding hydrogens is 290 g/mol. The van der Waals surface area contributed by atoms with Crippen molar-refractivity contribution in [2.45, 2.75) is 36.7 Å². The molecule has 2 aliphatic rings. The Labute approximate surface area is 129 Å². The fourth-order valence-electron chi connectivity index (χ4n) is 3.24. The van der Waals surface area contributed by atoms with Crippen LogP contribution >= 0.6 is 24.0 Å². The second kappa shape index (κ2) is 5.54. The van der Waals surface area contributed by atoms with Crippen LogP contribution in [0.2, 0.25) is 0 Å². The highest BCUT2D eigenvalue weighted by molar-refractivity contribution is 8.23. The zero-order valence-electron chi connectivity index (χ0n) is 11.5. The van der Waals surface area contributed by atoms with Crippen LogP contribution in [0.25, 0.3) is 0 Å². The Kier molecular flexibility index (Phi) is 3.93. The van der Waals surface area contributed by atoms with E-state index in [-0.39, 0.29) is 11.2 Å². The predicted octanol–water partition coefficient (Wildman–Crippen LogP) is 3.24. The first-order valence-corrected chi connectivity index (χ1v) is 8.26. The number of thioether (sulfide) groups is 1. The van der Waals surface area contributed by atoms with Gasteiger partial charge in [-0.2, -0.15) is 0 Å². The molecule has 108 valence electrons.